The number of aromatic carboxylic acids is 1. The van der Waals surface area contributed by atoms with Crippen LogP contribution in [-0.2, 0) is 5.41 Å². The van der Waals surface area contributed by atoms with Crippen molar-refractivity contribution in [2.75, 3.05) is 29.9 Å². The van der Waals surface area contributed by atoms with Crippen LogP contribution in [0.3, 0.4) is 0 Å². The predicted molar refractivity (Wildman–Crippen MR) is 158 cm³/mol. The molecule has 2 atom stereocenters. The van der Waals surface area contributed by atoms with Crippen LogP contribution in [0.15, 0.2) is 72.8 Å². The minimum absolute atomic E-state index is 0.187. The molecule has 0 amide bonds. The molecular formula is C34H40N2O3. The predicted octanol–water partition coefficient (Wildman–Crippen LogP) is 7.52. The van der Waals surface area contributed by atoms with Gasteiger partial charge in [0.25, 0.3) is 0 Å². The van der Waals surface area contributed by atoms with Crippen molar-refractivity contribution in [1.29, 1.82) is 0 Å². The summed E-state index contributed by atoms with van der Waals surface area (Å²) in [6.07, 6.45) is 7.09. The van der Waals surface area contributed by atoms with Crippen molar-refractivity contribution in [3.8, 4) is 5.75 Å². The lowest BCUT2D eigenvalue weighted by molar-refractivity contribution is 0.0697. The molecule has 0 aromatic heterocycles. The van der Waals surface area contributed by atoms with Gasteiger partial charge in [0, 0.05) is 18.4 Å². The molecule has 3 aromatic rings. The molecule has 0 spiro atoms. The number of fused-ring (bicyclic) bond motifs is 2. The van der Waals surface area contributed by atoms with Crippen LogP contribution >= 0.6 is 0 Å². The average Bonchev–Trinajstić information content (AvgIpc) is 2.89. The van der Waals surface area contributed by atoms with Gasteiger partial charge in [-0.15, -0.1) is 0 Å². The molecule has 2 unspecified atom stereocenters. The van der Waals surface area contributed by atoms with Crippen molar-refractivity contribution in [2.24, 2.45) is 17.8 Å². The quantitative estimate of drug-likeness (QED) is 0.346. The highest BCUT2D eigenvalue weighted by molar-refractivity contribution is 5.95. The molecule has 3 aromatic carbocycles. The maximum atomic E-state index is 11.6. The van der Waals surface area contributed by atoms with Gasteiger partial charge in [-0.1, -0.05) is 38.1 Å². The minimum Gasteiger partial charge on any atom is -0.487 e. The van der Waals surface area contributed by atoms with Crippen LogP contribution in [0.1, 0.15) is 61.9 Å². The summed E-state index contributed by atoms with van der Waals surface area (Å²) >= 11 is 0. The van der Waals surface area contributed by atoms with Crippen molar-refractivity contribution in [2.45, 2.75) is 57.5 Å². The first kappa shape index (κ1) is 25.8. The molecule has 1 saturated heterocycles. The van der Waals surface area contributed by atoms with Crippen LogP contribution in [-0.4, -0.2) is 37.3 Å². The smallest absolute Gasteiger partial charge is 0.337 e. The van der Waals surface area contributed by atoms with Crippen molar-refractivity contribution in [1.82, 2.24) is 0 Å². The molecule has 0 radical (unpaired) electrons. The van der Waals surface area contributed by atoms with Crippen LogP contribution in [0.4, 0.5) is 17.1 Å². The molecule has 1 N–H and O–H groups in total. The number of rotatable bonds is 7. The molecule has 2 saturated carbocycles. The van der Waals surface area contributed by atoms with Crippen LogP contribution in [0.2, 0.25) is 0 Å². The second-order valence-electron chi connectivity index (χ2n) is 12.6. The first-order chi connectivity index (χ1) is 18.8. The third kappa shape index (κ3) is 5.24. The maximum absolute atomic E-state index is 11.6. The zero-order valence-corrected chi connectivity index (χ0v) is 23.3. The van der Waals surface area contributed by atoms with Gasteiger partial charge in [-0.05, 0) is 109 Å². The molecule has 1 heterocycles. The molecule has 3 aliphatic rings. The lowest BCUT2D eigenvalue weighted by Crippen LogP contribution is -2.54. The van der Waals surface area contributed by atoms with Crippen LogP contribution < -0.4 is 14.5 Å². The zero-order chi connectivity index (χ0) is 27.1. The molecule has 5 nitrogen and oxygen atoms in total. The first-order valence-corrected chi connectivity index (χ1v) is 14.5. The van der Waals surface area contributed by atoms with E-state index in [0.717, 1.165) is 48.0 Å². The van der Waals surface area contributed by atoms with Crippen molar-refractivity contribution in [3.63, 3.8) is 0 Å². The third-order valence-electron chi connectivity index (χ3n) is 9.42. The van der Waals surface area contributed by atoms with Gasteiger partial charge in [-0.3, -0.25) is 0 Å². The fraction of sp³-hybridized carbons (Fsp3) is 0.441. The summed E-state index contributed by atoms with van der Waals surface area (Å²) in [6, 6.07) is 24.3. The number of nitrogens with zero attached hydrogens (tertiary/aromatic N) is 2. The topological polar surface area (TPSA) is 53.0 Å². The van der Waals surface area contributed by atoms with Gasteiger partial charge in [0.1, 0.15) is 11.9 Å². The number of para-hydroxylation sites is 1. The van der Waals surface area contributed by atoms with E-state index in [0.29, 0.717) is 16.7 Å². The van der Waals surface area contributed by atoms with Crippen LogP contribution in [0.25, 0.3) is 0 Å². The Hall–Kier alpha value is -3.47. The number of hydrogen-bond donors (Lipinski definition) is 1. The standard InChI is InChI=1S/C34H40N2O3/c1-23-16-24-18-25(17-23)20-34(2,19-24)26-8-14-29(15-9-26)39-30-21-36(22-30)28-12-10-27(11-13-28)35(3)32-7-5-4-6-31(32)33(37)38/h4-15,23-25,30H,16-22H2,1-3H3,(H,37,38). The van der Waals surface area contributed by atoms with Gasteiger partial charge in [0.15, 0.2) is 0 Å². The van der Waals surface area contributed by atoms with E-state index in [4.69, 9.17) is 4.74 Å². The molecule has 5 heteroatoms. The fourth-order valence-electron chi connectivity index (χ4n) is 7.65. The summed E-state index contributed by atoms with van der Waals surface area (Å²) in [4.78, 5) is 15.8. The molecule has 39 heavy (non-hydrogen) atoms. The minimum atomic E-state index is -0.921. The van der Waals surface area contributed by atoms with E-state index >= 15 is 0 Å². The van der Waals surface area contributed by atoms with E-state index in [2.05, 4.69) is 55.1 Å². The van der Waals surface area contributed by atoms with Gasteiger partial charge >= 0.3 is 5.97 Å². The second-order valence-corrected chi connectivity index (χ2v) is 12.6. The number of hydrogen-bond acceptors (Lipinski definition) is 4. The average molecular weight is 525 g/mol. The summed E-state index contributed by atoms with van der Waals surface area (Å²) in [7, 11) is 1.90. The molecule has 204 valence electrons. The van der Waals surface area contributed by atoms with E-state index < -0.39 is 5.97 Å². The largest absolute Gasteiger partial charge is 0.487 e. The summed E-state index contributed by atoms with van der Waals surface area (Å²) in [6.45, 7) is 6.64. The Balaban J connectivity index is 1.03. The van der Waals surface area contributed by atoms with Crippen molar-refractivity contribution >= 4 is 23.0 Å². The summed E-state index contributed by atoms with van der Waals surface area (Å²) in [5, 5.41) is 9.53. The molecule has 1 aliphatic heterocycles. The summed E-state index contributed by atoms with van der Waals surface area (Å²) < 4.78 is 6.32. The van der Waals surface area contributed by atoms with E-state index in [1.807, 2.05) is 36.2 Å². The monoisotopic (exact) mass is 524 g/mol. The Morgan fingerprint density at radius 3 is 2.21 bits per heavy atom. The second kappa shape index (κ2) is 10.3. The summed E-state index contributed by atoms with van der Waals surface area (Å²) in [5.74, 6) is 2.73. The Labute approximate surface area is 232 Å². The van der Waals surface area contributed by atoms with E-state index in [1.165, 1.54) is 37.7 Å². The van der Waals surface area contributed by atoms with Gasteiger partial charge in [-0.2, -0.15) is 0 Å². The van der Waals surface area contributed by atoms with Crippen LogP contribution in [0.5, 0.6) is 5.75 Å². The van der Waals surface area contributed by atoms with Gasteiger partial charge in [-0.25, -0.2) is 4.79 Å². The zero-order valence-electron chi connectivity index (χ0n) is 23.3. The van der Waals surface area contributed by atoms with Gasteiger partial charge in [0.05, 0.1) is 24.3 Å². The number of anilines is 3. The molecule has 2 aliphatic carbocycles. The number of carboxylic acid groups (broad SMARTS) is 1. The Kier molecular flexibility index (Phi) is 6.78. The van der Waals surface area contributed by atoms with E-state index in [1.54, 1.807) is 12.1 Å². The van der Waals surface area contributed by atoms with Gasteiger partial charge < -0.3 is 19.6 Å². The number of carbonyl (C=O) groups is 1. The Morgan fingerprint density at radius 2 is 1.56 bits per heavy atom. The third-order valence-corrected chi connectivity index (χ3v) is 9.42. The number of benzene rings is 3. The molecular weight excluding hydrogens is 484 g/mol. The Morgan fingerprint density at radius 1 is 0.923 bits per heavy atom. The molecule has 6 rings (SSSR count). The van der Waals surface area contributed by atoms with Crippen molar-refractivity contribution < 1.29 is 14.6 Å². The fourth-order valence-corrected chi connectivity index (χ4v) is 7.65. The SMILES string of the molecule is CC1CC2CC(C1)CC(C)(c1ccc(OC3CN(c4ccc(N(C)c5ccccc5C(=O)O)cc4)C3)cc1)C2. The highest BCUT2D eigenvalue weighted by Crippen LogP contribution is 2.51. The first-order valence-electron chi connectivity index (χ1n) is 14.5. The normalized spacial score (nSPS) is 26.5. The van der Waals surface area contributed by atoms with Gasteiger partial charge in [0.2, 0.25) is 0 Å². The number of ether oxygens (including phenoxy) is 1. The maximum Gasteiger partial charge on any atom is 0.337 e. The Bertz CT molecular complexity index is 1300. The molecule has 3 fully saturated rings. The highest BCUT2D eigenvalue weighted by atomic mass is 16.5. The lowest BCUT2D eigenvalue weighted by atomic mass is 9.58. The lowest BCUT2D eigenvalue weighted by Gasteiger charge is -2.47. The molecule has 2 bridgehead atoms. The van der Waals surface area contributed by atoms with Crippen LogP contribution in [0, 0.1) is 17.8 Å². The summed E-state index contributed by atoms with van der Waals surface area (Å²) in [5.41, 5.74) is 4.85. The highest BCUT2D eigenvalue weighted by Gasteiger charge is 2.41. The van der Waals surface area contributed by atoms with E-state index in [9.17, 15) is 9.90 Å². The number of carboxylic acids is 1. The van der Waals surface area contributed by atoms with Crippen molar-refractivity contribution in [3.05, 3.63) is 83.9 Å². The van der Waals surface area contributed by atoms with E-state index in [-0.39, 0.29) is 6.10 Å².